The number of ether oxygens (including phenoxy) is 1. The molecular weight excluding hydrogens is 346 g/mol. The molecule has 0 bridgehead atoms. The summed E-state index contributed by atoms with van der Waals surface area (Å²) in [5.41, 5.74) is 0.438. The minimum atomic E-state index is -1.31. The van der Waals surface area contributed by atoms with Crippen LogP contribution in [0.1, 0.15) is 28.9 Å². The molecule has 0 unspecified atom stereocenters. The van der Waals surface area contributed by atoms with Crippen molar-refractivity contribution in [2.24, 2.45) is 0 Å². The molecule has 25 heavy (non-hydrogen) atoms. The van der Waals surface area contributed by atoms with E-state index in [2.05, 4.69) is 15.6 Å². The minimum absolute atomic E-state index is 0.0240. The number of halogens is 1. The Morgan fingerprint density at radius 1 is 1.16 bits per heavy atom. The number of imide groups is 1. The third-order valence-electron chi connectivity index (χ3n) is 3.12. The lowest BCUT2D eigenvalue weighted by molar-refractivity contribution is -0.129. The summed E-state index contributed by atoms with van der Waals surface area (Å²) in [6.45, 7) is 2.06. The smallest absolute Gasteiger partial charge is 0.342 e. The molecule has 2 aromatic rings. The van der Waals surface area contributed by atoms with Gasteiger partial charge in [-0.15, -0.1) is 0 Å². The molecule has 0 fully saturated rings. The Morgan fingerprint density at radius 3 is 2.52 bits per heavy atom. The van der Waals surface area contributed by atoms with Crippen molar-refractivity contribution in [2.45, 2.75) is 13.0 Å². The second-order valence-corrected chi connectivity index (χ2v) is 5.24. The molecule has 1 aromatic heterocycles. The summed E-state index contributed by atoms with van der Waals surface area (Å²) in [6, 6.07) is 10.6. The van der Waals surface area contributed by atoms with E-state index in [1.165, 1.54) is 18.3 Å². The Hall–Kier alpha value is -2.93. The largest absolute Gasteiger partial charge is 0.444 e. The van der Waals surface area contributed by atoms with Crippen molar-refractivity contribution in [1.82, 2.24) is 15.6 Å². The fourth-order valence-corrected chi connectivity index (χ4v) is 2.19. The Kier molecular flexibility index (Phi) is 6.47. The van der Waals surface area contributed by atoms with Gasteiger partial charge in [0.15, 0.2) is 0 Å². The molecule has 0 aliphatic rings. The number of esters is 1. The van der Waals surface area contributed by atoms with Crippen LogP contribution in [0.15, 0.2) is 48.7 Å². The van der Waals surface area contributed by atoms with Crippen molar-refractivity contribution >= 4 is 29.5 Å². The number of hydrogen-bond donors (Lipinski definition) is 2. The highest BCUT2D eigenvalue weighted by atomic mass is 35.5. The van der Waals surface area contributed by atoms with Gasteiger partial charge < -0.3 is 10.1 Å². The molecule has 0 radical (unpaired) electrons. The molecular formula is C17H16ClN3O4. The molecule has 0 spiro atoms. The van der Waals surface area contributed by atoms with Crippen molar-refractivity contribution < 1.29 is 19.1 Å². The SMILES string of the molecule is CCNC(=O)NC(=O)[C@@H](OC(=O)c1cccnc1Cl)c1ccccc1. The van der Waals surface area contributed by atoms with Gasteiger partial charge in [0.2, 0.25) is 6.10 Å². The van der Waals surface area contributed by atoms with Crippen LogP contribution in [0.5, 0.6) is 0 Å². The molecule has 2 rings (SSSR count). The van der Waals surface area contributed by atoms with Crippen molar-refractivity contribution in [2.75, 3.05) is 6.54 Å². The average Bonchev–Trinajstić information content (AvgIpc) is 2.60. The van der Waals surface area contributed by atoms with Crippen LogP contribution in [0.3, 0.4) is 0 Å². The van der Waals surface area contributed by atoms with Crippen LogP contribution in [0.25, 0.3) is 0 Å². The predicted molar refractivity (Wildman–Crippen MR) is 91.1 cm³/mol. The van der Waals surface area contributed by atoms with Gasteiger partial charge >= 0.3 is 12.0 Å². The van der Waals surface area contributed by atoms with Gasteiger partial charge in [0.05, 0.1) is 5.56 Å². The van der Waals surface area contributed by atoms with Gasteiger partial charge in [-0.25, -0.2) is 14.6 Å². The van der Waals surface area contributed by atoms with Crippen molar-refractivity contribution in [3.05, 3.63) is 64.9 Å². The number of nitrogens with one attached hydrogen (secondary N) is 2. The van der Waals surface area contributed by atoms with Crippen molar-refractivity contribution in [3.63, 3.8) is 0 Å². The van der Waals surface area contributed by atoms with E-state index >= 15 is 0 Å². The molecule has 8 heteroatoms. The number of carbonyl (C=O) groups is 3. The van der Waals surface area contributed by atoms with Crippen LogP contribution in [-0.4, -0.2) is 29.4 Å². The fourth-order valence-electron chi connectivity index (χ4n) is 1.99. The molecule has 1 atom stereocenters. The van der Waals surface area contributed by atoms with Gasteiger partial charge in [-0.1, -0.05) is 41.9 Å². The van der Waals surface area contributed by atoms with Gasteiger partial charge in [0.1, 0.15) is 5.15 Å². The summed E-state index contributed by atoms with van der Waals surface area (Å²) in [5.74, 6) is -1.59. The molecule has 2 N–H and O–H groups in total. The van der Waals surface area contributed by atoms with Gasteiger partial charge in [-0.3, -0.25) is 10.1 Å². The van der Waals surface area contributed by atoms with Gasteiger partial charge in [0, 0.05) is 18.3 Å². The lowest BCUT2D eigenvalue weighted by atomic mass is 10.1. The summed E-state index contributed by atoms with van der Waals surface area (Å²) in [6.07, 6.45) is 0.114. The number of benzene rings is 1. The molecule has 0 aliphatic heterocycles. The molecule has 3 amide bonds. The Balaban J connectivity index is 2.23. The van der Waals surface area contributed by atoms with Crippen LogP contribution < -0.4 is 10.6 Å². The number of hydrogen-bond acceptors (Lipinski definition) is 5. The van der Waals surface area contributed by atoms with E-state index < -0.39 is 24.0 Å². The van der Waals surface area contributed by atoms with Crippen LogP contribution in [0, 0.1) is 0 Å². The second-order valence-electron chi connectivity index (χ2n) is 4.89. The molecule has 7 nitrogen and oxygen atoms in total. The lowest BCUT2D eigenvalue weighted by Gasteiger charge is -2.18. The van der Waals surface area contributed by atoms with E-state index in [0.29, 0.717) is 12.1 Å². The zero-order valence-corrected chi connectivity index (χ0v) is 14.1. The Bertz CT molecular complexity index is 767. The summed E-state index contributed by atoms with van der Waals surface area (Å²) in [4.78, 5) is 40.1. The van der Waals surface area contributed by atoms with Crippen molar-refractivity contribution in [1.29, 1.82) is 0 Å². The normalized spacial score (nSPS) is 11.3. The second kappa shape index (κ2) is 8.79. The van der Waals surface area contributed by atoms with E-state index in [1.807, 2.05) is 0 Å². The standard InChI is InChI=1S/C17H16ClN3O4/c1-2-19-17(24)21-15(22)13(11-7-4-3-5-8-11)25-16(23)12-9-6-10-20-14(12)18/h3-10,13H,2H2,1H3,(H2,19,21,22,24)/t13-/m0/s1. The van der Waals surface area contributed by atoms with Crippen molar-refractivity contribution in [3.8, 4) is 0 Å². The number of urea groups is 1. The van der Waals surface area contributed by atoms with E-state index in [-0.39, 0.29) is 10.7 Å². The molecule has 1 aromatic carbocycles. The quantitative estimate of drug-likeness (QED) is 0.629. The highest BCUT2D eigenvalue weighted by Gasteiger charge is 2.27. The van der Waals surface area contributed by atoms with E-state index in [1.54, 1.807) is 37.3 Å². The van der Waals surface area contributed by atoms with E-state index in [4.69, 9.17) is 16.3 Å². The fraction of sp³-hybridized carbons (Fsp3) is 0.176. The van der Waals surface area contributed by atoms with Crippen LogP contribution in [0.4, 0.5) is 4.79 Å². The van der Waals surface area contributed by atoms with Crippen LogP contribution >= 0.6 is 11.6 Å². The number of carbonyl (C=O) groups excluding carboxylic acids is 3. The number of amides is 3. The summed E-state index contributed by atoms with van der Waals surface area (Å²) < 4.78 is 5.29. The van der Waals surface area contributed by atoms with E-state index in [9.17, 15) is 14.4 Å². The first kappa shape index (κ1) is 18.4. The maximum Gasteiger partial charge on any atom is 0.342 e. The van der Waals surface area contributed by atoms with Gasteiger partial charge in [-0.2, -0.15) is 0 Å². The lowest BCUT2D eigenvalue weighted by Crippen LogP contribution is -2.42. The molecule has 0 saturated heterocycles. The van der Waals surface area contributed by atoms with E-state index in [0.717, 1.165) is 0 Å². The third-order valence-corrected chi connectivity index (χ3v) is 3.42. The van der Waals surface area contributed by atoms with Gasteiger partial charge in [0.25, 0.3) is 5.91 Å². The summed E-state index contributed by atoms with van der Waals surface area (Å²) in [5, 5.41) is 4.53. The molecule has 130 valence electrons. The number of aromatic nitrogens is 1. The number of nitrogens with zero attached hydrogens (tertiary/aromatic N) is 1. The highest BCUT2D eigenvalue weighted by Crippen LogP contribution is 2.21. The Labute approximate surface area is 149 Å². The molecule has 0 saturated carbocycles. The zero-order valence-electron chi connectivity index (χ0n) is 13.4. The molecule has 1 heterocycles. The maximum absolute atomic E-state index is 12.4. The van der Waals surface area contributed by atoms with Crippen LogP contribution in [-0.2, 0) is 9.53 Å². The van der Waals surface area contributed by atoms with Crippen LogP contribution in [0.2, 0.25) is 5.15 Å². The summed E-state index contributed by atoms with van der Waals surface area (Å²) in [7, 11) is 0. The monoisotopic (exact) mass is 361 g/mol. The zero-order chi connectivity index (χ0) is 18.2. The number of pyridine rings is 1. The first-order valence-corrected chi connectivity index (χ1v) is 7.85. The highest BCUT2D eigenvalue weighted by molar-refractivity contribution is 6.32. The number of rotatable bonds is 5. The predicted octanol–water partition coefficient (Wildman–Crippen LogP) is 2.48. The maximum atomic E-state index is 12.4. The summed E-state index contributed by atoms with van der Waals surface area (Å²) >= 11 is 5.88. The minimum Gasteiger partial charge on any atom is -0.444 e. The first-order chi connectivity index (χ1) is 12.0. The molecule has 0 aliphatic carbocycles. The Morgan fingerprint density at radius 2 is 1.88 bits per heavy atom. The average molecular weight is 362 g/mol. The third kappa shape index (κ3) is 5.02. The van der Waals surface area contributed by atoms with Gasteiger partial charge in [-0.05, 0) is 19.1 Å². The topological polar surface area (TPSA) is 97.4 Å². The first-order valence-electron chi connectivity index (χ1n) is 7.48.